The lowest BCUT2D eigenvalue weighted by Gasteiger charge is -1.96. The Bertz CT molecular complexity index is 549. The number of furan rings is 1. The fourth-order valence-corrected chi connectivity index (χ4v) is 1.75. The summed E-state index contributed by atoms with van der Waals surface area (Å²) >= 11 is 0.936. The number of aromatic nitrogens is 2. The van der Waals surface area contributed by atoms with Crippen LogP contribution in [0.15, 0.2) is 22.8 Å². The second-order valence-corrected chi connectivity index (χ2v) is 4.04. The average molecular weight is 267 g/mol. The van der Waals surface area contributed by atoms with Gasteiger partial charge < -0.3 is 9.15 Å². The predicted octanol–water partition coefficient (Wildman–Crippen LogP) is 1.56. The molecule has 1 N–H and O–H groups in total. The lowest BCUT2D eigenvalue weighted by atomic mass is 10.4. The molecule has 2 rings (SSSR count). The molecular weight excluding hydrogens is 258 g/mol. The van der Waals surface area contributed by atoms with Crippen molar-refractivity contribution in [2.24, 2.45) is 0 Å². The van der Waals surface area contributed by atoms with Crippen molar-refractivity contribution in [1.29, 1.82) is 0 Å². The Morgan fingerprint density at radius 3 is 3.00 bits per heavy atom. The minimum atomic E-state index is -0.562. The van der Waals surface area contributed by atoms with Crippen molar-refractivity contribution in [3.05, 3.63) is 29.2 Å². The van der Waals surface area contributed by atoms with Crippen LogP contribution >= 0.6 is 11.3 Å². The molecule has 94 valence electrons. The highest BCUT2D eigenvalue weighted by molar-refractivity contribution is 7.17. The summed E-state index contributed by atoms with van der Waals surface area (Å²) in [4.78, 5) is 22.9. The molecular formula is C10H9N3O4S. The van der Waals surface area contributed by atoms with Gasteiger partial charge in [0.2, 0.25) is 10.1 Å². The number of esters is 1. The van der Waals surface area contributed by atoms with Crippen molar-refractivity contribution < 1.29 is 18.7 Å². The number of hydrogen-bond acceptors (Lipinski definition) is 7. The van der Waals surface area contributed by atoms with Crippen LogP contribution in [0, 0.1) is 0 Å². The summed E-state index contributed by atoms with van der Waals surface area (Å²) < 4.78 is 9.67. The zero-order valence-electron chi connectivity index (χ0n) is 9.37. The first-order valence-electron chi connectivity index (χ1n) is 5.06. The molecule has 0 bridgehead atoms. The largest absolute Gasteiger partial charge is 0.461 e. The van der Waals surface area contributed by atoms with Crippen LogP contribution in [0.5, 0.6) is 0 Å². The van der Waals surface area contributed by atoms with Crippen molar-refractivity contribution in [3.8, 4) is 0 Å². The van der Waals surface area contributed by atoms with Gasteiger partial charge in [0, 0.05) is 0 Å². The molecule has 0 atom stereocenters. The summed E-state index contributed by atoms with van der Waals surface area (Å²) in [7, 11) is 0. The number of nitrogens with one attached hydrogen (secondary N) is 1. The van der Waals surface area contributed by atoms with E-state index < -0.39 is 11.9 Å². The third-order valence-electron chi connectivity index (χ3n) is 1.84. The molecule has 0 aliphatic carbocycles. The number of anilines is 1. The van der Waals surface area contributed by atoms with Crippen LogP contribution in [-0.2, 0) is 4.74 Å². The van der Waals surface area contributed by atoms with E-state index in [0.29, 0.717) is 0 Å². The highest BCUT2D eigenvalue weighted by Gasteiger charge is 2.16. The van der Waals surface area contributed by atoms with E-state index in [1.807, 2.05) is 0 Å². The van der Waals surface area contributed by atoms with Gasteiger partial charge in [-0.15, -0.1) is 10.2 Å². The fourth-order valence-electron chi connectivity index (χ4n) is 1.12. The molecule has 0 spiro atoms. The van der Waals surface area contributed by atoms with Crippen molar-refractivity contribution in [1.82, 2.24) is 10.2 Å². The van der Waals surface area contributed by atoms with Crippen LogP contribution in [0.4, 0.5) is 5.13 Å². The van der Waals surface area contributed by atoms with Gasteiger partial charge in [0.15, 0.2) is 5.76 Å². The molecule has 0 saturated carbocycles. The van der Waals surface area contributed by atoms with Crippen LogP contribution < -0.4 is 5.32 Å². The van der Waals surface area contributed by atoms with Gasteiger partial charge in [-0.25, -0.2) is 4.79 Å². The van der Waals surface area contributed by atoms with Crippen LogP contribution in [0.25, 0.3) is 0 Å². The Morgan fingerprint density at radius 2 is 2.33 bits per heavy atom. The molecule has 0 fully saturated rings. The number of nitrogens with zero attached hydrogens (tertiary/aromatic N) is 2. The number of amides is 1. The first-order chi connectivity index (χ1) is 8.70. The minimum absolute atomic E-state index is 0.0894. The predicted molar refractivity (Wildman–Crippen MR) is 62.5 cm³/mol. The molecule has 0 radical (unpaired) electrons. The van der Waals surface area contributed by atoms with Crippen molar-refractivity contribution in [2.75, 3.05) is 11.9 Å². The van der Waals surface area contributed by atoms with Crippen LogP contribution in [0.1, 0.15) is 27.3 Å². The molecule has 7 nitrogen and oxygen atoms in total. The van der Waals surface area contributed by atoms with E-state index in [1.54, 1.807) is 13.0 Å². The number of hydrogen-bond donors (Lipinski definition) is 1. The molecule has 0 aromatic carbocycles. The highest BCUT2D eigenvalue weighted by Crippen LogP contribution is 2.17. The third kappa shape index (κ3) is 2.72. The second-order valence-electron chi connectivity index (χ2n) is 3.06. The topological polar surface area (TPSA) is 94.3 Å². The van der Waals surface area contributed by atoms with Crippen LogP contribution in [0.3, 0.4) is 0 Å². The quantitative estimate of drug-likeness (QED) is 0.845. The molecule has 0 saturated heterocycles. The molecule has 0 unspecified atom stereocenters. The lowest BCUT2D eigenvalue weighted by Crippen LogP contribution is -2.10. The summed E-state index contributed by atoms with van der Waals surface area (Å²) in [6.45, 7) is 1.95. The Balaban J connectivity index is 2.03. The van der Waals surface area contributed by atoms with Crippen LogP contribution in [-0.4, -0.2) is 28.7 Å². The van der Waals surface area contributed by atoms with Crippen molar-refractivity contribution in [3.63, 3.8) is 0 Å². The van der Waals surface area contributed by atoms with Gasteiger partial charge in [0.1, 0.15) is 0 Å². The normalized spacial score (nSPS) is 10.1. The van der Waals surface area contributed by atoms with Gasteiger partial charge in [0.05, 0.1) is 12.9 Å². The maximum absolute atomic E-state index is 11.6. The third-order valence-corrected chi connectivity index (χ3v) is 2.66. The van der Waals surface area contributed by atoms with Crippen molar-refractivity contribution >= 4 is 28.3 Å². The minimum Gasteiger partial charge on any atom is -0.461 e. The second kappa shape index (κ2) is 5.41. The standard InChI is InChI=1S/C10H9N3O4S/c1-2-16-9(15)8-12-13-10(18-8)11-7(14)6-4-3-5-17-6/h3-5H,2H2,1H3,(H,11,13,14). The Hall–Kier alpha value is -2.22. The summed E-state index contributed by atoms with van der Waals surface area (Å²) in [6.07, 6.45) is 1.39. The number of carbonyl (C=O) groups excluding carboxylic acids is 2. The smallest absolute Gasteiger partial charge is 0.369 e. The van der Waals surface area contributed by atoms with E-state index in [9.17, 15) is 9.59 Å². The molecule has 0 aliphatic heterocycles. The van der Waals surface area contributed by atoms with E-state index in [0.717, 1.165) is 11.3 Å². The lowest BCUT2D eigenvalue weighted by molar-refractivity contribution is 0.0525. The molecule has 1 amide bonds. The van der Waals surface area contributed by atoms with Gasteiger partial charge in [-0.2, -0.15) is 0 Å². The van der Waals surface area contributed by atoms with E-state index in [1.165, 1.54) is 12.3 Å². The maximum Gasteiger partial charge on any atom is 0.369 e. The molecule has 18 heavy (non-hydrogen) atoms. The van der Waals surface area contributed by atoms with Gasteiger partial charge in [-0.05, 0) is 19.1 Å². The molecule has 2 aromatic rings. The van der Waals surface area contributed by atoms with Gasteiger partial charge >= 0.3 is 5.97 Å². The molecule has 2 heterocycles. The summed E-state index contributed by atoms with van der Waals surface area (Å²) in [5.41, 5.74) is 0. The molecule has 8 heteroatoms. The zero-order valence-corrected chi connectivity index (χ0v) is 10.2. The van der Waals surface area contributed by atoms with Crippen LogP contribution in [0.2, 0.25) is 0 Å². The first-order valence-corrected chi connectivity index (χ1v) is 5.88. The van der Waals surface area contributed by atoms with Gasteiger partial charge in [-0.1, -0.05) is 11.3 Å². The van der Waals surface area contributed by atoms with E-state index >= 15 is 0 Å². The van der Waals surface area contributed by atoms with Gasteiger partial charge in [-0.3, -0.25) is 10.1 Å². The first kappa shape index (κ1) is 12.2. The van der Waals surface area contributed by atoms with Gasteiger partial charge in [0.25, 0.3) is 5.91 Å². The number of carbonyl (C=O) groups is 2. The monoisotopic (exact) mass is 267 g/mol. The SMILES string of the molecule is CCOC(=O)c1nnc(NC(=O)c2ccco2)s1. The van der Waals surface area contributed by atoms with E-state index in [4.69, 9.17) is 9.15 Å². The average Bonchev–Trinajstić information content (AvgIpc) is 2.99. The Kier molecular flexibility index (Phi) is 3.68. The van der Waals surface area contributed by atoms with E-state index in [2.05, 4.69) is 15.5 Å². The fraction of sp³-hybridized carbons (Fsp3) is 0.200. The Morgan fingerprint density at radius 1 is 1.50 bits per heavy atom. The number of rotatable bonds is 4. The van der Waals surface area contributed by atoms with E-state index in [-0.39, 0.29) is 22.5 Å². The highest BCUT2D eigenvalue weighted by atomic mass is 32.1. The molecule has 2 aromatic heterocycles. The maximum atomic E-state index is 11.6. The molecule has 0 aliphatic rings. The van der Waals surface area contributed by atoms with Crippen molar-refractivity contribution in [2.45, 2.75) is 6.92 Å². The number of ether oxygens (including phenoxy) is 1. The summed E-state index contributed by atoms with van der Waals surface area (Å²) in [5, 5.41) is 10.0. The summed E-state index contributed by atoms with van der Waals surface area (Å²) in [6, 6.07) is 3.11. The summed E-state index contributed by atoms with van der Waals surface area (Å²) in [5.74, 6) is -0.858. The zero-order chi connectivity index (χ0) is 13.0. The Labute approximate surface area is 106 Å².